The van der Waals surface area contributed by atoms with Gasteiger partial charge in [-0.2, -0.15) is 5.10 Å². The summed E-state index contributed by atoms with van der Waals surface area (Å²) in [5.74, 6) is -0.896. The van der Waals surface area contributed by atoms with Crippen molar-refractivity contribution in [3.63, 3.8) is 0 Å². The van der Waals surface area contributed by atoms with Crippen LogP contribution in [0, 0.1) is 18.6 Å². The summed E-state index contributed by atoms with van der Waals surface area (Å²) in [6, 6.07) is 3.41. The molecule has 0 bridgehead atoms. The Bertz CT molecular complexity index is 685. The zero-order valence-corrected chi connectivity index (χ0v) is 13.8. The van der Waals surface area contributed by atoms with E-state index in [1.54, 1.807) is 4.68 Å². The summed E-state index contributed by atoms with van der Waals surface area (Å²) >= 11 is 0. The Labute approximate surface area is 134 Å². The minimum absolute atomic E-state index is 0.228. The number of nitrogens with one attached hydrogen (secondary N) is 1. The Balaban J connectivity index is 2.01. The maximum atomic E-state index is 13.2. The van der Waals surface area contributed by atoms with E-state index in [2.05, 4.69) is 10.4 Å². The van der Waals surface area contributed by atoms with Gasteiger partial charge in [0.15, 0.2) is 11.6 Å². The summed E-state index contributed by atoms with van der Waals surface area (Å²) in [6.45, 7) is 2.68. The summed E-state index contributed by atoms with van der Waals surface area (Å²) in [4.78, 5) is 1.97. The van der Waals surface area contributed by atoms with Crippen LogP contribution in [0.25, 0.3) is 0 Å². The Morgan fingerprint density at radius 3 is 2.61 bits per heavy atom. The Morgan fingerprint density at radius 1 is 1.30 bits per heavy atom. The quantitative estimate of drug-likeness (QED) is 0.852. The fraction of sp³-hybridized carbons (Fsp3) is 0.438. The van der Waals surface area contributed by atoms with E-state index in [-0.39, 0.29) is 6.54 Å². The highest BCUT2D eigenvalue weighted by molar-refractivity contribution is 5.48. The van der Waals surface area contributed by atoms with Crippen molar-refractivity contribution in [2.24, 2.45) is 7.05 Å². The monoisotopic (exact) mass is 324 g/mol. The first-order valence-corrected chi connectivity index (χ1v) is 7.34. The van der Waals surface area contributed by atoms with Crippen LogP contribution in [-0.2, 0) is 13.6 Å². The van der Waals surface area contributed by atoms with E-state index in [0.717, 1.165) is 29.2 Å². The van der Waals surface area contributed by atoms with Gasteiger partial charge in [-0.15, -0.1) is 0 Å². The van der Waals surface area contributed by atoms with Gasteiger partial charge in [-0.3, -0.25) is 4.68 Å². The SMILES string of the molecule is Cc1nn(C)c(N(C)C)c1CNC[C@@H](O)c1ccc(F)c(F)c1. The molecule has 0 aliphatic rings. The molecular weight excluding hydrogens is 302 g/mol. The third-order valence-corrected chi connectivity index (χ3v) is 3.70. The molecule has 7 heteroatoms. The summed E-state index contributed by atoms with van der Waals surface area (Å²) in [6.07, 6.45) is -0.912. The molecule has 126 valence electrons. The predicted octanol–water partition coefficient (Wildman–Crippen LogP) is 1.90. The highest BCUT2D eigenvalue weighted by Crippen LogP contribution is 2.21. The van der Waals surface area contributed by atoms with E-state index < -0.39 is 17.7 Å². The van der Waals surface area contributed by atoms with Crippen molar-refractivity contribution in [3.8, 4) is 0 Å². The van der Waals surface area contributed by atoms with Gasteiger partial charge in [-0.05, 0) is 24.6 Å². The number of aliphatic hydroxyl groups is 1. The second-order valence-electron chi connectivity index (χ2n) is 5.73. The van der Waals surface area contributed by atoms with E-state index in [1.165, 1.54) is 6.07 Å². The molecule has 0 aliphatic heterocycles. The number of rotatable bonds is 6. The fourth-order valence-electron chi connectivity index (χ4n) is 2.63. The van der Waals surface area contributed by atoms with Crippen LogP contribution < -0.4 is 10.2 Å². The molecule has 0 fully saturated rings. The molecule has 2 aromatic rings. The average molecular weight is 324 g/mol. The van der Waals surface area contributed by atoms with Crippen LogP contribution in [0.2, 0.25) is 0 Å². The highest BCUT2D eigenvalue weighted by atomic mass is 19.2. The number of aryl methyl sites for hydroxylation is 2. The Kier molecular flexibility index (Phi) is 5.33. The van der Waals surface area contributed by atoms with Crippen molar-refractivity contribution in [3.05, 3.63) is 46.7 Å². The van der Waals surface area contributed by atoms with Crippen molar-refractivity contribution >= 4 is 5.82 Å². The molecular formula is C16H22F2N4O. The van der Waals surface area contributed by atoms with Crippen LogP contribution in [0.5, 0.6) is 0 Å². The molecule has 0 saturated carbocycles. The number of hydrogen-bond acceptors (Lipinski definition) is 4. The molecule has 2 rings (SSSR count). The van der Waals surface area contributed by atoms with Gasteiger partial charge in [-0.1, -0.05) is 6.07 Å². The first-order valence-electron chi connectivity index (χ1n) is 7.34. The molecule has 0 unspecified atom stereocenters. The van der Waals surface area contributed by atoms with Gasteiger partial charge in [-0.25, -0.2) is 8.78 Å². The standard InChI is InChI=1S/C16H22F2N4O/c1-10-12(16(21(2)3)22(4)20-10)8-19-9-15(23)11-5-6-13(17)14(18)7-11/h5-7,15,19,23H,8-9H2,1-4H3/t15-/m1/s1. The third kappa shape index (κ3) is 3.86. The smallest absolute Gasteiger partial charge is 0.159 e. The number of hydrogen-bond donors (Lipinski definition) is 2. The lowest BCUT2D eigenvalue weighted by Crippen LogP contribution is -2.23. The lowest BCUT2D eigenvalue weighted by Gasteiger charge is -2.17. The van der Waals surface area contributed by atoms with Crippen LogP contribution in [0.4, 0.5) is 14.6 Å². The van der Waals surface area contributed by atoms with E-state index in [1.807, 2.05) is 33.0 Å². The Morgan fingerprint density at radius 2 is 2.00 bits per heavy atom. The zero-order valence-electron chi connectivity index (χ0n) is 13.8. The summed E-state index contributed by atoms with van der Waals surface area (Å²) in [7, 11) is 5.76. The lowest BCUT2D eigenvalue weighted by atomic mass is 10.1. The van der Waals surface area contributed by atoms with Gasteiger partial charge in [0.1, 0.15) is 5.82 Å². The van der Waals surface area contributed by atoms with E-state index in [0.29, 0.717) is 12.1 Å². The molecule has 0 radical (unpaired) electrons. The molecule has 0 aliphatic carbocycles. The minimum atomic E-state index is -0.959. The van der Waals surface area contributed by atoms with Crippen LogP contribution in [0.1, 0.15) is 22.9 Å². The molecule has 1 aromatic carbocycles. The Hall–Kier alpha value is -1.99. The molecule has 2 N–H and O–H groups in total. The number of benzene rings is 1. The molecule has 5 nitrogen and oxygen atoms in total. The van der Waals surface area contributed by atoms with Crippen molar-refractivity contribution in [2.45, 2.75) is 19.6 Å². The predicted molar refractivity (Wildman–Crippen MR) is 85.3 cm³/mol. The number of halogens is 2. The van der Waals surface area contributed by atoms with Gasteiger partial charge in [0.2, 0.25) is 0 Å². The van der Waals surface area contributed by atoms with Crippen LogP contribution in [0.3, 0.4) is 0 Å². The van der Waals surface area contributed by atoms with Crippen molar-refractivity contribution in [1.29, 1.82) is 0 Å². The maximum absolute atomic E-state index is 13.2. The highest BCUT2D eigenvalue weighted by Gasteiger charge is 2.16. The van der Waals surface area contributed by atoms with E-state index in [4.69, 9.17) is 0 Å². The molecule has 1 heterocycles. The number of nitrogens with zero attached hydrogens (tertiary/aromatic N) is 3. The minimum Gasteiger partial charge on any atom is -0.387 e. The van der Waals surface area contributed by atoms with Gasteiger partial charge >= 0.3 is 0 Å². The van der Waals surface area contributed by atoms with Crippen molar-refractivity contribution < 1.29 is 13.9 Å². The third-order valence-electron chi connectivity index (χ3n) is 3.70. The second-order valence-corrected chi connectivity index (χ2v) is 5.73. The molecule has 23 heavy (non-hydrogen) atoms. The van der Waals surface area contributed by atoms with E-state index in [9.17, 15) is 13.9 Å². The van der Waals surface area contributed by atoms with Gasteiger partial charge in [0.05, 0.1) is 11.8 Å². The summed E-state index contributed by atoms with van der Waals surface area (Å²) in [5.41, 5.74) is 2.29. The van der Waals surface area contributed by atoms with Crippen molar-refractivity contribution in [2.75, 3.05) is 25.5 Å². The van der Waals surface area contributed by atoms with Gasteiger partial charge < -0.3 is 15.3 Å². The first-order chi connectivity index (χ1) is 10.8. The zero-order chi connectivity index (χ0) is 17.1. The second kappa shape index (κ2) is 7.06. The first kappa shape index (κ1) is 17.4. The van der Waals surface area contributed by atoms with Crippen LogP contribution in [0.15, 0.2) is 18.2 Å². The largest absolute Gasteiger partial charge is 0.387 e. The van der Waals surface area contributed by atoms with Crippen LogP contribution in [-0.4, -0.2) is 35.5 Å². The number of anilines is 1. The molecule has 1 aromatic heterocycles. The van der Waals surface area contributed by atoms with E-state index >= 15 is 0 Å². The number of aromatic nitrogens is 2. The van der Waals surface area contributed by atoms with Crippen LogP contribution >= 0.6 is 0 Å². The molecule has 0 amide bonds. The summed E-state index contributed by atoms with van der Waals surface area (Å²) < 4.78 is 27.9. The van der Waals surface area contributed by atoms with Gasteiger partial charge in [0.25, 0.3) is 0 Å². The van der Waals surface area contributed by atoms with Crippen molar-refractivity contribution in [1.82, 2.24) is 15.1 Å². The molecule has 0 spiro atoms. The molecule has 1 atom stereocenters. The maximum Gasteiger partial charge on any atom is 0.159 e. The topological polar surface area (TPSA) is 53.3 Å². The molecule has 0 saturated heterocycles. The average Bonchev–Trinajstić information content (AvgIpc) is 2.76. The summed E-state index contributed by atoms with van der Waals surface area (Å²) in [5, 5.41) is 17.6. The normalized spacial score (nSPS) is 12.5. The lowest BCUT2D eigenvalue weighted by molar-refractivity contribution is 0.173. The fourth-order valence-corrected chi connectivity index (χ4v) is 2.63. The number of aliphatic hydroxyl groups excluding tert-OH is 1. The van der Waals surface area contributed by atoms with Gasteiger partial charge in [0, 0.05) is 39.8 Å².